The van der Waals surface area contributed by atoms with Crippen LogP contribution in [0.4, 0.5) is 5.69 Å². The van der Waals surface area contributed by atoms with Crippen LogP contribution in [0.3, 0.4) is 0 Å². The molecule has 0 aliphatic carbocycles. The molecule has 0 aliphatic rings. The first-order valence-corrected chi connectivity index (χ1v) is 11.0. The predicted molar refractivity (Wildman–Crippen MR) is 134 cm³/mol. The number of esters is 1. The summed E-state index contributed by atoms with van der Waals surface area (Å²) >= 11 is 0. The maximum atomic E-state index is 13.3. The molecule has 0 fully saturated rings. The molecule has 0 bridgehead atoms. The normalized spacial score (nSPS) is 11.3. The highest BCUT2D eigenvalue weighted by molar-refractivity contribution is 6.05. The minimum Gasteiger partial charge on any atom is -0.493 e. The largest absolute Gasteiger partial charge is 0.493 e. The average molecular weight is 479 g/mol. The number of hydrogen-bond donors (Lipinski definition) is 2. The van der Waals surface area contributed by atoms with Gasteiger partial charge >= 0.3 is 5.97 Å². The molecule has 8 nitrogen and oxygen atoms in total. The first kappa shape index (κ1) is 25.6. The third kappa shape index (κ3) is 6.10. The van der Waals surface area contributed by atoms with Crippen molar-refractivity contribution in [1.82, 2.24) is 5.32 Å². The van der Waals surface area contributed by atoms with Crippen molar-refractivity contribution in [3.05, 3.63) is 82.9 Å². The molecular weight excluding hydrogens is 448 g/mol. The van der Waals surface area contributed by atoms with E-state index in [1.54, 1.807) is 12.1 Å². The van der Waals surface area contributed by atoms with Gasteiger partial charge in [0.25, 0.3) is 5.91 Å². The molecule has 0 aromatic heterocycles. The van der Waals surface area contributed by atoms with Gasteiger partial charge in [0.05, 0.1) is 41.0 Å². The Morgan fingerprint density at radius 1 is 0.857 bits per heavy atom. The monoisotopic (exact) mass is 478 g/mol. The molecule has 0 aliphatic heterocycles. The summed E-state index contributed by atoms with van der Waals surface area (Å²) in [6.45, 7) is 2.01. The summed E-state index contributed by atoms with van der Waals surface area (Å²) in [5.41, 5.74) is 3.78. The van der Waals surface area contributed by atoms with Crippen molar-refractivity contribution in [1.29, 1.82) is 0 Å². The molecule has 35 heavy (non-hydrogen) atoms. The minimum atomic E-state index is -0.388. The van der Waals surface area contributed by atoms with E-state index in [4.69, 9.17) is 18.9 Å². The number of para-hydroxylation sites is 1. The molecule has 0 unspecified atom stereocenters. The zero-order valence-electron chi connectivity index (χ0n) is 20.5. The number of hydrogen-bond acceptors (Lipinski definition) is 7. The highest BCUT2D eigenvalue weighted by Gasteiger charge is 2.21. The number of rotatable bonds is 10. The maximum Gasteiger partial charge on any atom is 0.319 e. The summed E-state index contributed by atoms with van der Waals surface area (Å²) in [5.74, 6) is 0.414. The molecule has 0 spiro atoms. The van der Waals surface area contributed by atoms with Crippen LogP contribution in [0.2, 0.25) is 0 Å². The molecular formula is C27H30N2O6. The topological polar surface area (TPSA) is 95.1 Å². The molecule has 0 saturated heterocycles. The van der Waals surface area contributed by atoms with Gasteiger partial charge in [0, 0.05) is 11.3 Å². The fourth-order valence-electron chi connectivity index (χ4n) is 3.69. The molecule has 184 valence electrons. The lowest BCUT2D eigenvalue weighted by Gasteiger charge is -2.23. The first-order chi connectivity index (χ1) is 16.9. The second-order valence-corrected chi connectivity index (χ2v) is 7.76. The van der Waals surface area contributed by atoms with Crippen LogP contribution in [0.5, 0.6) is 17.2 Å². The number of anilines is 1. The van der Waals surface area contributed by atoms with Crippen LogP contribution >= 0.6 is 0 Å². The lowest BCUT2D eigenvalue weighted by molar-refractivity contribution is -0.139. The molecule has 2 N–H and O–H groups in total. The number of ether oxygens (including phenoxy) is 4. The van der Waals surface area contributed by atoms with Crippen molar-refractivity contribution in [2.24, 2.45) is 0 Å². The molecule has 0 saturated carbocycles. The number of aryl methyl sites for hydroxylation is 1. The van der Waals surface area contributed by atoms with E-state index in [0.29, 0.717) is 28.5 Å². The van der Waals surface area contributed by atoms with E-state index in [9.17, 15) is 9.59 Å². The average Bonchev–Trinajstić information content (AvgIpc) is 2.89. The lowest BCUT2D eigenvalue weighted by atomic mass is 9.96. The summed E-state index contributed by atoms with van der Waals surface area (Å²) in [7, 11) is 5.83. The van der Waals surface area contributed by atoms with Crippen molar-refractivity contribution >= 4 is 17.6 Å². The molecule has 0 heterocycles. The van der Waals surface area contributed by atoms with Crippen LogP contribution in [-0.2, 0) is 9.53 Å². The lowest BCUT2D eigenvalue weighted by Crippen LogP contribution is -2.30. The van der Waals surface area contributed by atoms with Crippen LogP contribution < -0.4 is 24.8 Å². The van der Waals surface area contributed by atoms with Gasteiger partial charge in [-0.25, -0.2) is 0 Å². The molecule has 3 aromatic carbocycles. The molecule has 1 amide bonds. The highest BCUT2D eigenvalue weighted by Crippen LogP contribution is 2.38. The van der Waals surface area contributed by atoms with Crippen molar-refractivity contribution in [3.8, 4) is 17.2 Å². The Morgan fingerprint density at radius 2 is 1.49 bits per heavy atom. The number of methoxy groups -OCH3 is 4. The third-order valence-corrected chi connectivity index (χ3v) is 5.54. The Morgan fingerprint density at radius 3 is 2.06 bits per heavy atom. The Labute approximate surface area is 205 Å². The minimum absolute atomic E-state index is 0.00417. The fourth-order valence-corrected chi connectivity index (χ4v) is 3.69. The predicted octanol–water partition coefficient (Wildman–Crippen LogP) is 4.13. The molecule has 0 radical (unpaired) electrons. The number of carbonyl (C=O) groups is 2. The Kier molecular flexibility index (Phi) is 8.69. The van der Waals surface area contributed by atoms with Crippen LogP contribution in [-0.4, -0.2) is 46.9 Å². The number of benzene rings is 3. The standard InChI is InChI=1S/C27H30N2O6/c1-17-10-12-18(13-11-17)25(28-16-24(30)34-4)20-8-6-7-9-21(20)29-27(31)19-14-22(32-2)26(35-5)23(15-19)33-3/h6-15,25,28H,16H2,1-5H3,(H,29,31)/t25-/m0/s1. The van der Waals surface area contributed by atoms with E-state index in [2.05, 4.69) is 10.6 Å². The van der Waals surface area contributed by atoms with E-state index < -0.39 is 0 Å². The van der Waals surface area contributed by atoms with E-state index in [1.165, 1.54) is 28.4 Å². The molecule has 1 atom stereocenters. The van der Waals surface area contributed by atoms with Gasteiger partial charge in [-0.15, -0.1) is 0 Å². The smallest absolute Gasteiger partial charge is 0.319 e. The van der Waals surface area contributed by atoms with Gasteiger partial charge in [-0.05, 0) is 36.2 Å². The van der Waals surface area contributed by atoms with E-state index in [1.807, 2.05) is 55.5 Å². The summed E-state index contributed by atoms with van der Waals surface area (Å²) in [6, 6.07) is 18.2. The van der Waals surface area contributed by atoms with Gasteiger partial charge in [-0.1, -0.05) is 48.0 Å². The van der Waals surface area contributed by atoms with Crippen molar-refractivity contribution < 1.29 is 28.5 Å². The second kappa shape index (κ2) is 11.9. The Hall–Kier alpha value is -4.04. The van der Waals surface area contributed by atoms with Crippen molar-refractivity contribution in [3.63, 3.8) is 0 Å². The molecule has 3 rings (SSSR count). The maximum absolute atomic E-state index is 13.3. The molecule has 3 aromatic rings. The number of amides is 1. The van der Waals surface area contributed by atoms with Gasteiger partial charge in [-0.3, -0.25) is 14.9 Å². The Balaban J connectivity index is 1.98. The number of carbonyl (C=O) groups excluding carboxylic acids is 2. The zero-order valence-corrected chi connectivity index (χ0v) is 20.5. The third-order valence-electron chi connectivity index (χ3n) is 5.54. The van der Waals surface area contributed by atoms with Gasteiger partial charge in [-0.2, -0.15) is 0 Å². The van der Waals surface area contributed by atoms with Gasteiger partial charge in [0.15, 0.2) is 11.5 Å². The first-order valence-electron chi connectivity index (χ1n) is 11.0. The SMILES string of the molecule is COC(=O)CN[C@@H](c1ccc(C)cc1)c1ccccc1NC(=O)c1cc(OC)c(OC)c(OC)c1. The summed E-state index contributed by atoms with van der Waals surface area (Å²) in [6.07, 6.45) is 0. The quantitative estimate of drug-likeness (QED) is 0.423. The fraction of sp³-hybridized carbons (Fsp3) is 0.259. The van der Waals surface area contributed by atoms with Crippen molar-refractivity contribution in [2.45, 2.75) is 13.0 Å². The Bertz CT molecular complexity index is 1150. The highest BCUT2D eigenvalue weighted by atomic mass is 16.5. The zero-order chi connectivity index (χ0) is 25.4. The number of nitrogens with one attached hydrogen (secondary N) is 2. The van der Waals surface area contributed by atoms with Crippen molar-refractivity contribution in [2.75, 3.05) is 40.3 Å². The van der Waals surface area contributed by atoms with Crippen LogP contribution in [0.1, 0.15) is 33.1 Å². The van der Waals surface area contributed by atoms with E-state index in [0.717, 1.165) is 16.7 Å². The van der Waals surface area contributed by atoms with Crippen LogP contribution in [0.15, 0.2) is 60.7 Å². The van der Waals surface area contributed by atoms with Gasteiger partial charge < -0.3 is 24.3 Å². The van der Waals surface area contributed by atoms with Gasteiger partial charge in [0.2, 0.25) is 5.75 Å². The van der Waals surface area contributed by atoms with Crippen LogP contribution in [0, 0.1) is 6.92 Å². The van der Waals surface area contributed by atoms with Gasteiger partial charge in [0.1, 0.15) is 0 Å². The van der Waals surface area contributed by atoms with E-state index >= 15 is 0 Å². The second-order valence-electron chi connectivity index (χ2n) is 7.76. The summed E-state index contributed by atoms with van der Waals surface area (Å²) < 4.78 is 20.9. The summed E-state index contributed by atoms with van der Waals surface area (Å²) in [5, 5.41) is 6.23. The molecule has 8 heteroatoms. The summed E-state index contributed by atoms with van der Waals surface area (Å²) in [4.78, 5) is 25.1. The van der Waals surface area contributed by atoms with E-state index in [-0.39, 0.29) is 24.5 Å². The van der Waals surface area contributed by atoms with Crippen LogP contribution in [0.25, 0.3) is 0 Å².